The van der Waals surface area contributed by atoms with E-state index in [9.17, 15) is 8.42 Å². The Balaban J connectivity index is 3.28. The number of ether oxygens (including phenoxy) is 2. The number of aliphatic hydroxyl groups excluding tert-OH is 1. The molecule has 0 heterocycles. The van der Waals surface area contributed by atoms with Crippen molar-refractivity contribution in [2.75, 3.05) is 33.9 Å². The van der Waals surface area contributed by atoms with Gasteiger partial charge < -0.3 is 14.6 Å². The lowest BCUT2D eigenvalue weighted by Crippen LogP contribution is -2.34. The molecule has 0 fully saturated rings. The SMILES string of the molecule is C=CCN(CCO)S(=O)(=O)c1ccc(OC)cc1OC. The van der Waals surface area contributed by atoms with Crippen molar-refractivity contribution in [3.8, 4) is 11.5 Å². The average Bonchev–Trinajstić information content (AvgIpc) is 2.46. The lowest BCUT2D eigenvalue weighted by atomic mass is 10.3. The molecule has 0 aliphatic carbocycles. The fourth-order valence-electron chi connectivity index (χ4n) is 1.69. The molecule has 0 aliphatic rings. The third-order valence-electron chi connectivity index (χ3n) is 2.67. The molecule has 7 heteroatoms. The second kappa shape index (κ2) is 7.28. The fraction of sp³-hybridized carbons (Fsp3) is 0.385. The summed E-state index contributed by atoms with van der Waals surface area (Å²) in [5.41, 5.74) is 0. The molecule has 6 nitrogen and oxygen atoms in total. The molecule has 112 valence electrons. The van der Waals surface area contributed by atoms with Crippen molar-refractivity contribution >= 4 is 10.0 Å². The first-order valence-electron chi connectivity index (χ1n) is 5.95. The molecule has 1 N–H and O–H groups in total. The standard InChI is InChI=1S/C13H19NO5S/c1-4-7-14(8-9-15)20(16,17)13-6-5-11(18-2)10-12(13)19-3/h4-6,10,15H,1,7-9H2,2-3H3. The smallest absolute Gasteiger partial charge is 0.247 e. The van der Waals surface area contributed by atoms with Crippen LogP contribution in [0.15, 0.2) is 35.7 Å². The quantitative estimate of drug-likeness (QED) is 0.721. The van der Waals surface area contributed by atoms with Gasteiger partial charge in [-0.15, -0.1) is 6.58 Å². The van der Waals surface area contributed by atoms with Gasteiger partial charge in [0.15, 0.2) is 0 Å². The van der Waals surface area contributed by atoms with Crippen molar-refractivity contribution in [2.45, 2.75) is 4.90 Å². The molecular formula is C13H19NO5S. The summed E-state index contributed by atoms with van der Waals surface area (Å²) in [6.45, 7) is 3.35. The van der Waals surface area contributed by atoms with E-state index in [-0.39, 0.29) is 30.3 Å². The molecule has 0 saturated heterocycles. The Kier molecular flexibility index (Phi) is 6.00. The Morgan fingerprint density at radius 2 is 2.05 bits per heavy atom. The minimum Gasteiger partial charge on any atom is -0.497 e. The zero-order valence-electron chi connectivity index (χ0n) is 11.6. The van der Waals surface area contributed by atoms with Crippen LogP contribution in [0.25, 0.3) is 0 Å². The monoisotopic (exact) mass is 301 g/mol. The highest BCUT2D eigenvalue weighted by Crippen LogP contribution is 2.30. The first kappa shape index (κ1) is 16.5. The minimum absolute atomic E-state index is 0.0104. The van der Waals surface area contributed by atoms with Crippen LogP contribution in [0.2, 0.25) is 0 Å². The van der Waals surface area contributed by atoms with Crippen LogP contribution in [0.4, 0.5) is 0 Å². The van der Waals surface area contributed by atoms with Gasteiger partial charge in [-0.25, -0.2) is 8.42 Å². The topological polar surface area (TPSA) is 76.1 Å². The third-order valence-corrected chi connectivity index (χ3v) is 4.58. The molecule has 1 aromatic carbocycles. The van der Waals surface area contributed by atoms with E-state index in [4.69, 9.17) is 14.6 Å². The molecular weight excluding hydrogens is 282 g/mol. The summed E-state index contributed by atoms with van der Waals surface area (Å²) in [5.74, 6) is 0.689. The molecule has 1 rings (SSSR count). The molecule has 0 atom stereocenters. The summed E-state index contributed by atoms with van der Waals surface area (Å²) in [6, 6.07) is 4.46. The highest BCUT2D eigenvalue weighted by molar-refractivity contribution is 7.89. The number of sulfonamides is 1. The lowest BCUT2D eigenvalue weighted by Gasteiger charge is -2.21. The summed E-state index contributed by atoms with van der Waals surface area (Å²) in [4.78, 5) is 0.0242. The fourth-order valence-corrected chi connectivity index (χ4v) is 3.23. The predicted molar refractivity (Wildman–Crippen MR) is 75.6 cm³/mol. The third kappa shape index (κ3) is 3.50. The lowest BCUT2D eigenvalue weighted by molar-refractivity contribution is 0.260. The van der Waals surface area contributed by atoms with Gasteiger partial charge in [0.1, 0.15) is 16.4 Å². The van der Waals surface area contributed by atoms with E-state index in [1.807, 2.05) is 0 Å². The Morgan fingerprint density at radius 3 is 2.55 bits per heavy atom. The maximum atomic E-state index is 12.5. The van der Waals surface area contributed by atoms with Gasteiger partial charge in [0, 0.05) is 19.2 Å². The summed E-state index contributed by atoms with van der Waals surface area (Å²) in [7, 11) is -0.900. The van der Waals surface area contributed by atoms with E-state index in [2.05, 4.69) is 6.58 Å². The second-order valence-electron chi connectivity index (χ2n) is 3.89. The van der Waals surface area contributed by atoms with E-state index in [0.29, 0.717) is 5.75 Å². The van der Waals surface area contributed by atoms with Crippen LogP contribution in [-0.4, -0.2) is 51.7 Å². The molecule has 0 aliphatic heterocycles. The molecule has 0 unspecified atom stereocenters. The number of methoxy groups -OCH3 is 2. The van der Waals surface area contributed by atoms with Crippen molar-refractivity contribution in [1.29, 1.82) is 0 Å². The van der Waals surface area contributed by atoms with Gasteiger partial charge in [0.05, 0.1) is 20.8 Å². The Hall–Kier alpha value is -1.57. The van der Waals surface area contributed by atoms with E-state index in [1.54, 1.807) is 6.07 Å². The van der Waals surface area contributed by atoms with Crippen LogP contribution in [0.5, 0.6) is 11.5 Å². The van der Waals surface area contributed by atoms with Crippen LogP contribution in [0, 0.1) is 0 Å². The number of nitrogens with zero attached hydrogens (tertiary/aromatic N) is 1. The molecule has 0 radical (unpaired) electrons. The summed E-state index contributed by atoms with van der Waals surface area (Å²) < 4.78 is 36.3. The minimum atomic E-state index is -3.77. The van der Waals surface area contributed by atoms with Crippen LogP contribution in [0.3, 0.4) is 0 Å². The van der Waals surface area contributed by atoms with Crippen LogP contribution >= 0.6 is 0 Å². The van der Waals surface area contributed by atoms with Crippen molar-refractivity contribution in [2.24, 2.45) is 0 Å². The van der Waals surface area contributed by atoms with E-state index >= 15 is 0 Å². The van der Waals surface area contributed by atoms with E-state index in [0.717, 1.165) is 4.31 Å². The highest BCUT2D eigenvalue weighted by Gasteiger charge is 2.26. The first-order chi connectivity index (χ1) is 9.51. The van der Waals surface area contributed by atoms with Gasteiger partial charge in [0.2, 0.25) is 10.0 Å². The van der Waals surface area contributed by atoms with Crippen molar-refractivity contribution in [3.63, 3.8) is 0 Å². The molecule has 0 spiro atoms. The summed E-state index contributed by atoms with van der Waals surface area (Å²) in [5, 5.41) is 8.99. The molecule has 20 heavy (non-hydrogen) atoms. The zero-order chi connectivity index (χ0) is 15.2. The Bertz CT molecular complexity index is 556. The maximum Gasteiger partial charge on any atom is 0.247 e. The highest BCUT2D eigenvalue weighted by atomic mass is 32.2. The average molecular weight is 301 g/mol. The van der Waals surface area contributed by atoms with Crippen LogP contribution in [-0.2, 0) is 10.0 Å². The van der Waals surface area contributed by atoms with Gasteiger partial charge in [0.25, 0.3) is 0 Å². The van der Waals surface area contributed by atoms with Crippen molar-refractivity contribution in [1.82, 2.24) is 4.31 Å². The predicted octanol–water partition coefficient (Wildman–Crippen LogP) is 0.873. The number of aliphatic hydroxyl groups is 1. The van der Waals surface area contributed by atoms with Gasteiger partial charge in [-0.3, -0.25) is 0 Å². The largest absolute Gasteiger partial charge is 0.497 e. The number of benzene rings is 1. The summed E-state index contributed by atoms with van der Waals surface area (Å²) >= 11 is 0. The van der Waals surface area contributed by atoms with Gasteiger partial charge in [-0.1, -0.05) is 6.08 Å². The van der Waals surface area contributed by atoms with Crippen molar-refractivity contribution in [3.05, 3.63) is 30.9 Å². The van der Waals surface area contributed by atoms with Crippen molar-refractivity contribution < 1.29 is 23.0 Å². The number of hydrogen-bond acceptors (Lipinski definition) is 5. The second-order valence-corrected chi connectivity index (χ2v) is 5.80. The van der Waals surface area contributed by atoms with Gasteiger partial charge >= 0.3 is 0 Å². The van der Waals surface area contributed by atoms with E-state index < -0.39 is 10.0 Å². The zero-order valence-corrected chi connectivity index (χ0v) is 12.4. The Labute approximate surface area is 119 Å². The van der Waals surface area contributed by atoms with Crippen LogP contribution in [0.1, 0.15) is 0 Å². The number of hydrogen-bond donors (Lipinski definition) is 1. The van der Waals surface area contributed by atoms with Crippen LogP contribution < -0.4 is 9.47 Å². The number of rotatable bonds is 8. The first-order valence-corrected chi connectivity index (χ1v) is 7.39. The molecule has 0 bridgehead atoms. The summed E-state index contributed by atoms with van der Waals surface area (Å²) in [6.07, 6.45) is 1.46. The molecule has 0 amide bonds. The van der Waals surface area contributed by atoms with E-state index in [1.165, 1.54) is 32.4 Å². The molecule has 0 aromatic heterocycles. The maximum absolute atomic E-state index is 12.5. The normalized spacial score (nSPS) is 11.4. The molecule has 0 saturated carbocycles. The Morgan fingerprint density at radius 1 is 1.35 bits per heavy atom. The molecule has 1 aromatic rings. The van der Waals surface area contributed by atoms with Gasteiger partial charge in [-0.2, -0.15) is 4.31 Å². The van der Waals surface area contributed by atoms with Gasteiger partial charge in [-0.05, 0) is 12.1 Å².